The van der Waals surface area contributed by atoms with Crippen LogP contribution in [0.4, 0.5) is 5.13 Å². The van der Waals surface area contributed by atoms with Gasteiger partial charge in [0.25, 0.3) is 5.56 Å². The van der Waals surface area contributed by atoms with Crippen molar-refractivity contribution in [2.45, 2.75) is 32.8 Å². The fraction of sp³-hybridized carbons (Fsp3) is 0.667. The van der Waals surface area contributed by atoms with Gasteiger partial charge >= 0.3 is 0 Å². The number of aliphatic hydroxyl groups excluding tert-OH is 1. The number of piperazine rings is 1. The predicted molar refractivity (Wildman–Crippen MR) is 91.5 cm³/mol. The van der Waals surface area contributed by atoms with E-state index in [1.54, 1.807) is 6.07 Å². The Hall–Kier alpha value is -1.51. The van der Waals surface area contributed by atoms with E-state index in [2.05, 4.69) is 26.8 Å². The molecule has 1 atom stereocenters. The first-order chi connectivity index (χ1) is 11.1. The number of hydrogen-bond donors (Lipinski definition) is 1. The standard InChI is InChI=1S/C15H23N5O2S/c1-3-4-12-9-13(22)20-14(16-12)23-15(17-20)19-7-5-18(6-8-19)10-11(2)21/h9,11,21H,3-8,10H2,1-2H3/t11-/m1/s1. The van der Waals surface area contributed by atoms with Crippen LogP contribution in [0.5, 0.6) is 0 Å². The molecule has 0 radical (unpaired) electrons. The molecule has 1 saturated heterocycles. The Morgan fingerprint density at radius 3 is 2.74 bits per heavy atom. The second kappa shape index (κ2) is 6.94. The van der Waals surface area contributed by atoms with Crippen LogP contribution < -0.4 is 10.5 Å². The van der Waals surface area contributed by atoms with Crippen molar-refractivity contribution in [1.82, 2.24) is 19.5 Å². The molecule has 3 rings (SSSR count). The lowest BCUT2D eigenvalue weighted by atomic mass is 10.2. The fourth-order valence-corrected chi connectivity index (χ4v) is 3.83. The summed E-state index contributed by atoms with van der Waals surface area (Å²) in [5.74, 6) is 0. The van der Waals surface area contributed by atoms with E-state index < -0.39 is 0 Å². The highest BCUT2D eigenvalue weighted by Crippen LogP contribution is 2.22. The average molecular weight is 337 g/mol. The summed E-state index contributed by atoms with van der Waals surface area (Å²) in [5, 5.41) is 14.8. The maximum Gasteiger partial charge on any atom is 0.275 e. The summed E-state index contributed by atoms with van der Waals surface area (Å²) in [6, 6.07) is 1.58. The third-order valence-electron chi connectivity index (χ3n) is 3.96. The Morgan fingerprint density at radius 1 is 1.35 bits per heavy atom. The van der Waals surface area contributed by atoms with E-state index in [1.807, 2.05) is 6.92 Å². The van der Waals surface area contributed by atoms with Crippen LogP contribution in [0.2, 0.25) is 0 Å². The lowest BCUT2D eigenvalue weighted by molar-refractivity contribution is 0.122. The highest BCUT2D eigenvalue weighted by atomic mass is 32.1. The first kappa shape index (κ1) is 16.4. The molecule has 0 aromatic carbocycles. The lowest BCUT2D eigenvalue weighted by Gasteiger charge is -2.34. The molecule has 0 bridgehead atoms. The highest BCUT2D eigenvalue weighted by molar-refractivity contribution is 7.20. The summed E-state index contributed by atoms with van der Waals surface area (Å²) < 4.78 is 1.40. The second-order valence-electron chi connectivity index (χ2n) is 6.05. The first-order valence-electron chi connectivity index (χ1n) is 8.12. The molecule has 0 spiro atoms. The molecule has 0 saturated carbocycles. The Balaban J connectivity index is 1.76. The number of β-amino-alcohol motifs (C(OH)–C–C–N with tert-alkyl or cyclic N) is 1. The Morgan fingerprint density at radius 2 is 2.09 bits per heavy atom. The summed E-state index contributed by atoms with van der Waals surface area (Å²) in [4.78, 5) is 21.8. The molecule has 1 aliphatic heterocycles. The molecule has 7 nitrogen and oxygen atoms in total. The molecule has 2 aromatic rings. The zero-order valence-corrected chi connectivity index (χ0v) is 14.4. The van der Waals surface area contributed by atoms with E-state index in [4.69, 9.17) is 0 Å². The maximum atomic E-state index is 12.2. The smallest absolute Gasteiger partial charge is 0.275 e. The Bertz CT molecular complexity index is 718. The minimum atomic E-state index is -0.302. The number of rotatable bonds is 5. The monoisotopic (exact) mass is 337 g/mol. The molecule has 0 amide bonds. The summed E-state index contributed by atoms with van der Waals surface area (Å²) in [6.45, 7) is 8.08. The van der Waals surface area contributed by atoms with E-state index in [0.29, 0.717) is 11.5 Å². The van der Waals surface area contributed by atoms with Crippen molar-refractivity contribution in [3.05, 3.63) is 22.1 Å². The number of anilines is 1. The van der Waals surface area contributed by atoms with E-state index in [1.165, 1.54) is 15.9 Å². The summed E-state index contributed by atoms with van der Waals surface area (Å²) >= 11 is 1.47. The van der Waals surface area contributed by atoms with Gasteiger partial charge in [-0.2, -0.15) is 4.52 Å². The van der Waals surface area contributed by atoms with Gasteiger partial charge in [0, 0.05) is 44.5 Å². The molecule has 1 fully saturated rings. The number of hydrogen-bond acceptors (Lipinski definition) is 7. The summed E-state index contributed by atoms with van der Waals surface area (Å²) in [6.07, 6.45) is 1.49. The predicted octanol–water partition coefficient (Wildman–Crippen LogP) is 0.606. The zero-order chi connectivity index (χ0) is 16.4. The van der Waals surface area contributed by atoms with Crippen LogP contribution in [0.1, 0.15) is 26.0 Å². The lowest BCUT2D eigenvalue weighted by Crippen LogP contribution is -2.48. The highest BCUT2D eigenvalue weighted by Gasteiger charge is 2.21. The van der Waals surface area contributed by atoms with Crippen LogP contribution in [-0.4, -0.2) is 63.4 Å². The molecular formula is C15H23N5O2S. The van der Waals surface area contributed by atoms with Gasteiger partial charge in [-0.25, -0.2) is 4.98 Å². The first-order valence-corrected chi connectivity index (χ1v) is 8.93. The van der Waals surface area contributed by atoms with Crippen LogP contribution in [0.3, 0.4) is 0 Å². The molecule has 126 valence electrons. The van der Waals surface area contributed by atoms with Gasteiger partial charge in [0.05, 0.1) is 6.10 Å². The van der Waals surface area contributed by atoms with Crippen molar-refractivity contribution in [3.8, 4) is 0 Å². The molecule has 23 heavy (non-hydrogen) atoms. The quantitative estimate of drug-likeness (QED) is 0.862. The number of aliphatic hydroxyl groups is 1. The van der Waals surface area contributed by atoms with Gasteiger partial charge in [0.1, 0.15) is 0 Å². The van der Waals surface area contributed by atoms with Crippen molar-refractivity contribution in [1.29, 1.82) is 0 Å². The third-order valence-corrected chi connectivity index (χ3v) is 4.93. The molecular weight excluding hydrogens is 314 g/mol. The fourth-order valence-electron chi connectivity index (χ4n) is 2.85. The molecule has 0 aliphatic carbocycles. The van der Waals surface area contributed by atoms with Gasteiger partial charge in [0.15, 0.2) is 0 Å². The third kappa shape index (κ3) is 3.70. The largest absolute Gasteiger partial charge is 0.392 e. The van der Waals surface area contributed by atoms with Crippen molar-refractivity contribution in [2.24, 2.45) is 0 Å². The van der Waals surface area contributed by atoms with Gasteiger partial charge in [-0.15, -0.1) is 5.10 Å². The summed E-state index contributed by atoms with van der Waals surface area (Å²) in [5.41, 5.74) is 0.739. The molecule has 1 N–H and O–H groups in total. The zero-order valence-electron chi connectivity index (χ0n) is 13.6. The minimum absolute atomic E-state index is 0.103. The van der Waals surface area contributed by atoms with Crippen molar-refractivity contribution < 1.29 is 5.11 Å². The molecule has 3 heterocycles. The van der Waals surface area contributed by atoms with Crippen molar-refractivity contribution >= 4 is 21.4 Å². The van der Waals surface area contributed by atoms with E-state index >= 15 is 0 Å². The number of aryl methyl sites for hydroxylation is 1. The molecule has 2 aromatic heterocycles. The maximum absolute atomic E-state index is 12.2. The van der Waals surface area contributed by atoms with Crippen LogP contribution >= 0.6 is 11.3 Å². The molecule has 0 unspecified atom stereocenters. The molecule has 1 aliphatic rings. The number of nitrogens with zero attached hydrogens (tertiary/aromatic N) is 5. The van der Waals surface area contributed by atoms with Gasteiger partial charge in [0.2, 0.25) is 10.1 Å². The van der Waals surface area contributed by atoms with Crippen LogP contribution in [0, 0.1) is 0 Å². The van der Waals surface area contributed by atoms with Gasteiger partial charge in [-0.1, -0.05) is 24.7 Å². The van der Waals surface area contributed by atoms with Crippen molar-refractivity contribution in [2.75, 3.05) is 37.6 Å². The molecule has 8 heteroatoms. The van der Waals surface area contributed by atoms with Crippen LogP contribution in [0.15, 0.2) is 10.9 Å². The van der Waals surface area contributed by atoms with Crippen molar-refractivity contribution in [3.63, 3.8) is 0 Å². The second-order valence-corrected chi connectivity index (χ2v) is 6.99. The van der Waals surface area contributed by atoms with E-state index in [0.717, 1.165) is 49.8 Å². The van der Waals surface area contributed by atoms with Gasteiger partial charge < -0.3 is 10.0 Å². The summed E-state index contributed by atoms with van der Waals surface area (Å²) in [7, 11) is 0. The average Bonchev–Trinajstić information content (AvgIpc) is 2.92. The van der Waals surface area contributed by atoms with Crippen LogP contribution in [-0.2, 0) is 6.42 Å². The number of aromatic nitrogens is 3. The Kier molecular flexibility index (Phi) is 4.93. The SMILES string of the molecule is CCCc1cc(=O)n2nc(N3CCN(C[C@@H](C)O)CC3)sc2n1. The minimum Gasteiger partial charge on any atom is -0.392 e. The van der Waals surface area contributed by atoms with Gasteiger partial charge in [-0.05, 0) is 13.3 Å². The normalized spacial score (nSPS) is 17.8. The number of fused-ring (bicyclic) bond motifs is 1. The van der Waals surface area contributed by atoms with E-state index in [-0.39, 0.29) is 11.7 Å². The Labute approximate surface area is 139 Å². The van der Waals surface area contributed by atoms with Crippen LogP contribution in [0.25, 0.3) is 4.96 Å². The topological polar surface area (TPSA) is 74.0 Å². The van der Waals surface area contributed by atoms with E-state index in [9.17, 15) is 9.90 Å². The van der Waals surface area contributed by atoms with Gasteiger partial charge in [-0.3, -0.25) is 9.69 Å².